The molecule has 10 heteroatoms. The van der Waals surface area contributed by atoms with Crippen molar-refractivity contribution in [1.82, 2.24) is 29.7 Å². The molecule has 2 rings (SSSR count). The van der Waals surface area contributed by atoms with Crippen molar-refractivity contribution < 1.29 is 4.21 Å². The van der Waals surface area contributed by atoms with E-state index in [4.69, 9.17) is 0 Å². The van der Waals surface area contributed by atoms with Gasteiger partial charge in [0.2, 0.25) is 11.9 Å². The molecule has 0 aliphatic heterocycles. The molecule has 0 bridgehead atoms. The number of rotatable bonds is 7. The van der Waals surface area contributed by atoms with Gasteiger partial charge in [0.15, 0.2) is 0 Å². The Kier molecular flexibility index (Phi) is 5.14. The molecular formula is C11H18N8OS. The minimum atomic E-state index is -0.807. The summed E-state index contributed by atoms with van der Waals surface area (Å²) in [5.41, 5.74) is 0. The lowest BCUT2D eigenvalue weighted by Gasteiger charge is -2.14. The van der Waals surface area contributed by atoms with Crippen molar-refractivity contribution in [3.05, 3.63) is 12.7 Å². The van der Waals surface area contributed by atoms with Crippen LogP contribution < -0.4 is 10.6 Å². The van der Waals surface area contributed by atoms with Crippen LogP contribution >= 0.6 is 0 Å². The molecule has 2 aromatic heterocycles. The van der Waals surface area contributed by atoms with Gasteiger partial charge >= 0.3 is 0 Å². The van der Waals surface area contributed by atoms with Crippen molar-refractivity contribution >= 4 is 22.7 Å². The Balaban J connectivity index is 2.15. The van der Waals surface area contributed by atoms with Crippen LogP contribution in [-0.2, 0) is 10.8 Å². The number of hydrogen-bond donors (Lipinski definition) is 2. The van der Waals surface area contributed by atoms with Crippen LogP contribution in [-0.4, -0.2) is 59.0 Å². The molecule has 2 unspecified atom stereocenters. The van der Waals surface area contributed by atoms with Crippen LogP contribution in [0.2, 0.25) is 0 Å². The molecule has 2 aromatic rings. The van der Waals surface area contributed by atoms with Gasteiger partial charge in [0.25, 0.3) is 5.95 Å². The average Bonchev–Trinajstić information content (AvgIpc) is 2.99. The summed E-state index contributed by atoms with van der Waals surface area (Å²) in [5.74, 6) is 1.88. The predicted molar refractivity (Wildman–Crippen MR) is 80.9 cm³/mol. The molecule has 2 heterocycles. The number of nitrogens with zero attached hydrogens (tertiary/aromatic N) is 6. The molecule has 0 saturated heterocycles. The molecule has 0 aliphatic rings. The van der Waals surface area contributed by atoms with E-state index in [9.17, 15) is 4.21 Å². The summed E-state index contributed by atoms with van der Waals surface area (Å²) < 4.78 is 12.6. The summed E-state index contributed by atoms with van der Waals surface area (Å²) in [7, 11) is 0.923. The van der Waals surface area contributed by atoms with Gasteiger partial charge in [-0.05, 0) is 13.3 Å². The van der Waals surface area contributed by atoms with E-state index < -0.39 is 10.8 Å². The lowest BCUT2D eigenvalue weighted by molar-refractivity contribution is 0.677. The molecule has 0 amide bonds. The summed E-state index contributed by atoms with van der Waals surface area (Å²) in [6, 6.07) is 0.101. The standard InChI is InChI=1S/C11H18N8OS/c1-8(4-5-21(3)20)15-10-16-9(12-2)17-11(18-10)19-7-13-6-14-19/h6-8H,4-5H2,1-3H3,(H2,12,15,16,17,18). The second kappa shape index (κ2) is 7.07. The van der Waals surface area contributed by atoms with Gasteiger partial charge < -0.3 is 10.6 Å². The van der Waals surface area contributed by atoms with Crippen LogP contribution in [0.5, 0.6) is 0 Å². The van der Waals surface area contributed by atoms with Gasteiger partial charge in [-0.3, -0.25) is 4.21 Å². The van der Waals surface area contributed by atoms with Gasteiger partial charge in [-0.25, -0.2) is 4.98 Å². The SMILES string of the molecule is CNc1nc(NC(C)CCS(C)=O)nc(-n2cncn2)n1. The first-order chi connectivity index (χ1) is 10.1. The first-order valence-corrected chi connectivity index (χ1v) is 8.16. The van der Waals surface area contributed by atoms with Crippen molar-refractivity contribution in [2.75, 3.05) is 29.7 Å². The highest BCUT2D eigenvalue weighted by atomic mass is 32.2. The van der Waals surface area contributed by atoms with Crippen LogP contribution in [0.25, 0.3) is 5.95 Å². The Morgan fingerprint density at radius 2 is 2.10 bits per heavy atom. The Morgan fingerprint density at radius 3 is 2.71 bits per heavy atom. The maximum absolute atomic E-state index is 11.1. The summed E-state index contributed by atoms with van der Waals surface area (Å²) in [6.45, 7) is 1.99. The van der Waals surface area contributed by atoms with E-state index in [-0.39, 0.29) is 6.04 Å². The van der Waals surface area contributed by atoms with E-state index in [1.54, 1.807) is 13.3 Å². The van der Waals surface area contributed by atoms with E-state index in [1.165, 1.54) is 17.3 Å². The first-order valence-electron chi connectivity index (χ1n) is 6.44. The van der Waals surface area contributed by atoms with Gasteiger partial charge in [0.05, 0.1) is 0 Å². The van der Waals surface area contributed by atoms with Crippen LogP contribution in [0.1, 0.15) is 13.3 Å². The molecule has 2 N–H and O–H groups in total. The molecule has 0 radical (unpaired) electrons. The third-order valence-electron chi connectivity index (χ3n) is 2.68. The Hall–Kier alpha value is -2.10. The topological polar surface area (TPSA) is 111 Å². The number of anilines is 2. The fourth-order valence-electron chi connectivity index (χ4n) is 1.59. The number of aromatic nitrogens is 6. The molecule has 0 fully saturated rings. The monoisotopic (exact) mass is 310 g/mol. The van der Waals surface area contributed by atoms with Crippen molar-refractivity contribution in [3.8, 4) is 5.95 Å². The summed E-state index contributed by atoms with van der Waals surface area (Å²) in [6.07, 6.45) is 5.39. The summed E-state index contributed by atoms with van der Waals surface area (Å²) in [4.78, 5) is 16.6. The first kappa shape index (κ1) is 15.3. The second-order valence-corrected chi connectivity index (χ2v) is 6.04. The number of nitrogens with one attached hydrogen (secondary N) is 2. The molecule has 9 nitrogen and oxygen atoms in total. The van der Waals surface area contributed by atoms with Crippen LogP contribution in [0, 0.1) is 0 Å². The van der Waals surface area contributed by atoms with E-state index in [0.29, 0.717) is 23.6 Å². The zero-order valence-corrected chi connectivity index (χ0v) is 13.0. The molecule has 114 valence electrons. The maximum atomic E-state index is 11.1. The fraction of sp³-hybridized carbons (Fsp3) is 0.545. The van der Waals surface area contributed by atoms with Gasteiger partial charge in [-0.1, -0.05) is 0 Å². The Bertz CT molecular complexity index is 602. The third kappa shape index (κ3) is 4.45. The Morgan fingerprint density at radius 1 is 1.33 bits per heavy atom. The zero-order chi connectivity index (χ0) is 15.2. The third-order valence-corrected chi connectivity index (χ3v) is 3.50. The molecule has 0 spiro atoms. The molecule has 0 saturated carbocycles. The van der Waals surface area contributed by atoms with Crippen LogP contribution in [0.4, 0.5) is 11.9 Å². The van der Waals surface area contributed by atoms with Crippen molar-refractivity contribution in [1.29, 1.82) is 0 Å². The summed E-state index contributed by atoms with van der Waals surface area (Å²) in [5, 5.41) is 10.1. The highest BCUT2D eigenvalue weighted by molar-refractivity contribution is 7.84. The van der Waals surface area contributed by atoms with E-state index in [0.717, 1.165) is 6.42 Å². The highest BCUT2D eigenvalue weighted by Gasteiger charge is 2.10. The van der Waals surface area contributed by atoms with Gasteiger partial charge in [0.1, 0.15) is 12.7 Å². The molecular weight excluding hydrogens is 292 g/mol. The largest absolute Gasteiger partial charge is 0.357 e. The predicted octanol–water partition coefficient (Wildman–Crippen LogP) is 0.0630. The minimum Gasteiger partial charge on any atom is -0.357 e. The fourth-order valence-corrected chi connectivity index (χ4v) is 2.28. The number of hydrogen-bond acceptors (Lipinski definition) is 8. The van der Waals surface area contributed by atoms with Crippen LogP contribution in [0.15, 0.2) is 12.7 Å². The smallest absolute Gasteiger partial charge is 0.258 e. The van der Waals surface area contributed by atoms with Crippen molar-refractivity contribution in [2.45, 2.75) is 19.4 Å². The molecule has 0 aromatic carbocycles. The van der Waals surface area contributed by atoms with Gasteiger partial charge in [0, 0.05) is 35.9 Å². The zero-order valence-electron chi connectivity index (χ0n) is 12.1. The molecule has 2 atom stereocenters. The van der Waals surface area contributed by atoms with Crippen molar-refractivity contribution in [3.63, 3.8) is 0 Å². The normalized spacial score (nSPS) is 13.7. The van der Waals surface area contributed by atoms with E-state index in [1.807, 2.05) is 6.92 Å². The molecule has 21 heavy (non-hydrogen) atoms. The van der Waals surface area contributed by atoms with Gasteiger partial charge in [-0.15, -0.1) is 0 Å². The van der Waals surface area contributed by atoms with Crippen molar-refractivity contribution in [2.24, 2.45) is 0 Å². The Labute approximate surface area is 125 Å². The van der Waals surface area contributed by atoms with Crippen LogP contribution in [0.3, 0.4) is 0 Å². The quantitative estimate of drug-likeness (QED) is 0.739. The average molecular weight is 310 g/mol. The minimum absolute atomic E-state index is 0.101. The van der Waals surface area contributed by atoms with Gasteiger partial charge in [-0.2, -0.15) is 24.7 Å². The lowest BCUT2D eigenvalue weighted by atomic mass is 10.3. The lowest BCUT2D eigenvalue weighted by Crippen LogP contribution is -2.21. The van der Waals surface area contributed by atoms with E-state index in [2.05, 4.69) is 35.7 Å². The highest BCUT2D eigenvalue weighted by Crippen LogP contribution is 2.10. The second-order valence-electron chi connectivity index (χ2n) is 4.48. The maximum Gasteiger partial charge on any atom is 0.258 e. The van der Waals surface area contributed by atoms with E-state index >= 15 is 0 Å². The molecule has 0 aliphatic carbocycles. The summed E-state index contributed by atoms with van der Waals surface area (Å²) >= 11 is 0.